The van der Waals surface area contributed by atoms with Crippen molar-refractivity contribution in [3.8, 4) is 5.75 Å². The third kappa shape index (κ3) is 2.05. The predicted molar refractivity (Wildman–Crippen MR) is 58.1 cm³/mol. The number of hydrogen-bond donors (Lipinski definition) is 2. The minimum atomic E-state index is 0.0524. The van der Waals surface area contributed by atoms with Crippen LogP contribution in [0, 0.1) is 19.3 Å². The van der Waals surface area contributed by atoms with Crippen molar-refractivity contribution in [3.05, 3.63) is 28.8 Å². The summed E-state index contributed by atoms with van der Waals surface area (Å²) >= 11 is 0. The summed E-state index contributed by atoms with van der Waals surface area (Å²) in [5.74, 6) is 0.750. The van der Waals surface area contributed by atoms with E-state index < -0.39 is 0 Å². The summed E-state index contributed by atoms with van der Waals surface area (Å²) in [6.07, 6.45) is 0. The first-order valence-electron chi connectivity index (χ1n) is 4.64. The fourth-order valence-corrected chi connectivity index (χ4v) is 1.28. The Morgan fingerprint density at radius 1 is 1.36 bits per heavy atom. The molecule has 0 aromatic heterocycles. The van der Waals surface area contributed by atoms with Gasteiger partial charge in [0.1, 0.15) is 11.6 Å². The van der Waals surface area contributed by atoms with Gasteiger partial charge in [0, 0.05) is 0 Å². The van der Waals surface area contributed by atoms with E-state index in [-0.39, 0.29) is 5.84 Å². The Bertz CT molecular complexity index is 359. The zero-order chi connectivity index (χ0) is 10.7. The summed E-state index contributed by atoms with van der Waals surface area (Å²) in [5, 5.41) is 7.42. The number of benzene rings is 1. The molecule has 0 heterocycles. The van der Waals surface area contributed by atoms with E-state index in [2.05, 4.69) is 0 Å². The Labute approximate surface area is 84.4 Å². The molecule has 3 N–H and O–H groups in total. The molecule has 0 aliphatic carbocycles. The Kier molecular flexibility index (Phi) is 3.12. The fourth-order valence-electron chi connectivity index (χ4n) is 1.28. The molecule has 1 rings (SSSR count). The molecule has 0 saturated heterocycles. The van der Waals surface area contributed by atoms with Gasteiger partial charge in [-0.15, -0.1) is 0 Å². The zero-order valence-electron chi connectivity index (χ0n) is 8.85. The SMILES string of the molecule is CCOc1cc(C)c(C)cc1C(=N)N. The maximum absolute atomic E-state index is 7.42. The van der Waals surface area contributed by atoms with Crippen LogP contribution in [0.2, 0.25) is 0 Å². The average molecular weight is 192 g/mol. The number of nitrogens with one attached hydrogen (secondary N) is 1. The van der Waals surface area contributed by atoms with Crippen LogP contribution in [0.4, 0.5) is 0 Å². The minimum Gasteiger partial charge on any atom is -0.493 e. The number of ether oxygens (including phenoxy) is 1. The lowest BCUT2D eigenvalue weighted by Gasteiger charge is -2.11. The van der Waals surface area contributed by atoms with Gasteiger partial charge in [0.15, 0.2) is 0 Å². The molecule has 1 aromatic rings. The quantitative estimate of drug-likeness (QED) is 0.568. The molecule has 0 aliphatic heterocycles. The second-order valence-electron chi connectivity index (χ2n) is 3.28. The van der Waals surface area contributed by atoms with Gasteiger partial charge in [-0.2, -0.15) is 0 Å². The van der Waals surface area contributed by atoms with Crippen molar-refractivity contribution >= 4 is 5.84 Å². The molecule has 3 nitrogen and oxygen atoms in total. The number of hydrogen-bond acceptors (Lipinski definition) is 2. The van der Waals surface area contributed by atoms with Gasteiger partial charge in [-0.25, -0.2) is 0 Å². The normalized spacial score (nSPS) is 9.93. The standard InChI is InChI=1S/C11H16N2O/c1-4-14-10-6-8(3)7(2)5-9(10)11(12)13/h5-6H,4H2,1-3H3,(H3,12,13). The van der Waals surface area contributed by atoms with Gasteiger partial charge in [0.05, 0.1) is 12.2 Å². The van der Waals surface area contributed by atoms with E-state index in [1.165, 1.54) is 0 Å². The molecule has 14 heavy (non-hydrogen) atoms. The Hall–Kier alpha value is -1.51. The molecule has 0 aliphatic rings. The van der Waals surface area contributed by atoms with E-state index >= 15 is 0 Å². The molecular weight excluding hydrogens is 176 g/mol. The summed E-state index contributed by atoms with van der Waals surface area (Å²) < 4.78 is 5.41. The van der Waals surface area contributed by atoms with E-state index in [4.69, 9.17) is 15.9 Å². The Morgan fingerprint density at radius 3 is 2.43 bits per heavy atom. The van der Waals surface area contributed by atoms with Crippen LogP contribution in [0.3, 0.4) is 0 Å². The van der Waals surface area contributed by atoms with Crippen LogP contribution in [0.15, 0.2) is 12.1 Å². The topological polar surface area (TPSA) is 59.1 Å². The molecule has 0 bridgehead atoms. The van der Waals surface area contributed by atoms with Crippen LogP contribution in [0.5, 0.6) is 5.75 Å². The molecule has 0 atom stereocenters. The van der Waals surface area contributed by atoms with E-state index in [0.29, 0.717) is 17.9 Å². The molecular formula is C11H16N2O. The molecule has 0 fully saturated rings. The van der Waals surface area contributed by atoms with Gasteiger partial charge in [0.2, 0.25) is 0 Å². The minimum absolute atomic E-state index is 0.0524. The number of aryl methyl sites for hydroxylation is 2. The molecule has 3 heteroatoms. The highest BCUT2D eigenvalue weighted by atomic mass is 16.5. The van der Waals surface area contributed by atoms with Crippen LogP contribution < -0.4 is 10.5 Å². The average Bonchev–Trinajstić information content (AvgIpc) is 2.11. The summed E-state index contributed by atoms with van der Waals surface area (Å²) in [6, 6.07) is 3.82. The van der Waals surface area contributed by atoms with Gasteiger partial charge >= 0.3 is 0 Å². The lowest BCUT2D eigenvalue weighted by atomic mass is 10.0. The van der Waals surface area contributed by atoms with Crippen LogP contribution in [0.25, 0.3) is 0 Å². The van der Waals surface area contributed by atoms with Crippen molar-refractivity contribution in [2.75, 3.05) is 6.61 Å². The molecule has 0 amide bonds. The van der Waals surface area contributed by atoms with Gasteiger partial charge in [-0.1, -0.05) is 0 Å². The molecule has 1 aromatic carbocycles. The van der Waals surface area contributed by atoms with E-state index in [0.717, 1.165) is 11.1 Å². The van der Waals surface area contributed by atoms with Crippen LogP contribution in [0.1, 0.15) is 23.6 Å². The maximum atomic E-state index is 7.42. The van der Waals surface area contributed by atoms with E-state index in [1.54, 1.807) is 0 Å². The second kappa shape index (κ2) is 4.13. The van der Waals surface area contributed by atoms with Gasteiger partial charge < -0.3 is 10.5 Å². The van der Waals surface area contributed by atoms with Crippen molar-refractivity contribution in [3.63, 3.8) is 0 Å². The molecule has 0 saturated carbocycles. The number of amidine groups is 1. The number of nitrogen functional groups attached to an aromatic ring is 1. The smallest absolute Gasteiger partial charge is 0.130 e. The van der Waals surface area contributed by atoms with Crippen LogP contribution in [-0.2, 0) is 0 Å². The van der Waals surface area contributed by atoms with E-state index in [9.17, 15) is 0 Å². The molecule has 0 spiro atoms. The van der Waals surface area contributed by atoms with Gasteiger partial charge in [0.25, 0.3) is 0 Å². The number of nitrogens with two attached hydrogens (primary N) is 1. The van der Waals surface area contributed by atoms with Crippen LogP contribution >= 0.6 is 0 Å². The molecule has 0 radical (unpaired) electrons. The second-order valence-corrected chi connectivity index (χ2v) is 3.28. The lowest BCUT2D eigenvalue weighted by Crippen LogP contribution is -2.13. The third-order valence-electron chi connectivity index (χ3n) is 2.19. The maximum Gasteiger partial charge on any atom is 0.130 e. The fraction of sp³-hybridized carbons (Fsp3) is 0.364. The van der Waals surface area contributed by atoms with Gasteiger partial charge in [-0.3, -0.25) is 5.41 Å². The van der Waals surface area contributed by atoms with Crippen molar-refractivity contribution in [1.82, 2.24) is 0 Å². The first-order valence-corrected chi connectivity index (χ1v) is 4.64. The lowest BCUT2D eigenvalue weighted by molar-refractivity contribution is 0.339. The van der Waals surface area contributed by atoms with Gasteiger partial charge in [-0.05, 0) is 44.0 Å². The third-order valence-corrected chi connectivity index (χ3v) is 2.19. The summed E-state index contributed by atoms with van der Waals surface area (Å²) in [5.41, 5.74) is 8.42. The summed E-state index contributed by atoms with van der Waals surface area (Å²) in [6.45, 7) is 6.52. The van der Waals surface area contributed by atoms with Crippen molar-refractivity contribution in [2.24, 2.45) is 5.73 Å². The Balaban J connectivity index is 3.24. The largest absolute Gasteiger partial charge is 0.493 e. The highest BCUT2D eigenvalue weighted by Crippen LogP contribution is 2.22. The summed E-state index contributed by atoms with van der Waals surface area (Å²) in [7, 11) is 0. The van der Waals surface area contributed by atoms with Crippen molar-refractivity contribution < 1.29 is 4.74 Å². The highest BCUT2D eigenvalue weighted by molar-refractivity contribution is 5.98. The summed E-state index contributed by atoms with van der Waals surface area (Å²) in [4.78, 5) is 0. The first kappa shape index (κ1) is 10.6. The monoisotopic (exact) mass is 192 g/mol. The molecule has 76 valence electrons. The highest BCUT2D eigenvalue weighted by Gasteiger charge is 2.08. The zero-order valence-corrected chi connectivity index (χ0v) is 8.85. The Morgan fingerprint density at radius 2 is 1.93 bits per heavy atom. The predicted octanol–water partition coefficient (Wildman–Crippen LogP) is 1.99. The van der Waals surface area contributed by atoms with E-state index in [1.807, 2.05) is 32.9 Å². The first-order chi connectivity index (χ1) is 6.56. The van der Waals surface area contributed by atoms with Crippen molar-refractivity contribution in [1.29, 1.82) is 5.41 Å². The van der Waals surface area contributed by atoms with Crippen LogP contribution in [-0.4, -0.2) is 12.4 Å². The number of rotatable bonds is 3. The molecule has 0 unspecified atom stereocenters. The van der Waals surface area contributed by atoms with Crippen molar-refractivity contribution in [2.45, 2.75) is 20.8 Å².